The Morgan fingerprint density at radius 3 is 2.52 bits per heavy atom. The van der Waals surface area contributed by atoms with Crippen LogP contribution in [0, 0.1) is 0 Å². The molecule has 1 atom stereocenters. The Balaban J connectivity index is 1.83. The first-order valence-corrected chi connectivity index (χ1v) is 12.0. The number of rotatable bonds is 4. The molecular formula is C21H23F3N4O2S. The second-order valence-electron chi connectivity index (χ2n) is 7.72. The van der Waals surface area contributed by atoms with E-state index in [1.807, 2.05) is 26.0 Å². The summed E-state index contributed by atoms with van der Waals surface area (Å²) in [6.45, 7) is 4.77. The number of hydrogen-bond acceptors (Lipinski definition) is 5. The molecule has 4 rings (SSSR count). The number of fused-ring (bicyclic) bond motifs is 3. The van der Waals surface area contributed by atoms with Crippen molar-refractivity contribution in [2.75, 3.05) is 17.7 Å². The van der Waals surface area contributed by atoms with Gasteiger partial charge in [-0.2, -0.15) is 13.2 Å². The molecule has 2 aromatic heterocycles. The lowest BCUT2D eigenvalue weighted by Crippen LogP contribution is -2.39. The molecule has 166 valence electrons. The topological polar surface area (TPSA) is 68.1 Å². The van der Waals surface area contributed by atoms with E-state index in [4.69, 9.17) is 0 Å². The van der Waals surface area contributed by atoms with Gasteiger partial charge in [-0.1, -0.05) is 13.8 Å². The molecule has 0 saturated heterocycles. The fourth-order valence-corrected chi connectivity index (χ4v) is 5.35. The van der Waals surface area contributed by atoms with Gasteiger partial charge < -0.3 is 9.47 Å². The van der Waals surface area contributed by atoms with E-state index in [2.05, 4.69) is 14.5 Å². The second-order valence-corrected chi connectivity index (χ2v) is 9.71. The van der Waals surface area contributed by atoms with Gasteiger partial charge in [-0.15, -0.1) is 0 Å². The van der Waals surface area contributed by atoms with Gasteiger partial charge in [0.05, 0.1) is 10.9 Å². The Bertz CT molecular complexity index is 1250. The van der Waals surface area contributed by atoms with Crippen molar-refractivity contribution in [3.8, 4) is 0 Å². The van der Waals surface area contributed by atoms with E-state index in [-0.39, 0.29) is 12.0 Å². The number of hydrogen-bond donors (Lipinski definition) is 0. The zero-order valence-corrected chi connectivity index (χ0v) is 18.3. The number of sulfone groups is 1. The van der Waals surface area contributed by atoms with Crippen molar-refractivity contribution in [2.45, 2.75) is 50.3 Å². The second kappa shape index (κ2) is 7.51. The molecule has 0 aliphatic carbocycles. The van der Waals surface area contributed by atoms with Gasteiger partial charge in [0.25, 0.3) is 0 Å². The van der Waals surface area contributed by atoms with Crippen molar-refractivity contribution in [1.82, 2.24) is 14.5 Å². The summed E-state index contributed by atoms with van der Waals surface area (Å²) in [7, 11) is -3.38. The monoisotopic (exact) mass is 452 g/mol. The van der Waals surface area contributed by atoms with Gasteiger partial charge in [0.15, 0.2) is 9.84 Å². The van der Waals surface area contributed by atoms with Crippen LogP contribution in [0.1, 0.15) is 43.3 Å². The van der Waals surface area contributed by atoms with E-state index in [1.54, 1.807) is 11.0 Å². The molecule has 3 aromatic rings. The Labute approximate surface area is 178 Å². The number of anilines is 1. The predicted molar refractivity (Wildman–Crippen MR) is 112 cm³/mol. The molecule has 6 nitrogen and oxygen atoms in total. The summed E-state index contributed by atoms with van der Waals surface area (Å²) in [6.07, 6.45) is -0.985. The molecule has 1 aromatic carbocycles. The van der Waals surface area contributed by atoms with E-state index >= 15 is 0 Å². The van der Waals surface area contributed by atoms with Crippen LogP contribution in [0.25, 0.3) is 10.9 Å². The number of halogens is 3. The molecule has 0 amide bonds. The van der Waals surface area contributed by atoms with Crippen LogP contribution in [0.2, 0.25) is 0 Å². The first-order chi connectivity index (χ1) is 14.5. The zero-order chi connectivity index (χ0) is 22.6. The fraction of sp³-hybridized carbons (Fsp3) is 0.429. The fourth-order valence-electron chi connectivity index (χ4n) is 4.34. The third-order valence-corrected chi connectivity index (χ3v) is 6.93. The lowest BCUT2D eigenvalue weighted by Gasteiger charge is -2.37. The van der Waals surface area contributed by atoms with Crippen molar-refractivity contribution in [3.05, 3.63) is 47.4 Å². The van der Waals surface area contributed by atoms with E-state index < -0.39 is 21.7 Å². The third-order valence-electron chi connectivity index (χ3n) is 5.76. The van der Waals surface area contributed by atoms with Crippen LogP contribution in [0.3, 0.4) is 0 Å². The molecule has 0 spiro atoms. The van der Waals surface area contributed by atoms with Crippen molar-refractivity contribution in [2.24, 2.45) is 0 Å². The summed E-state index contributed by atoms with van der Waals surface area (Å²) in [5.74, 6) is 0.0456. The Morgan fingerprint density at radius 1 is 1.16 bits per heavy atom. The van der Waals surface area contributed by atoms with E-state index in [0.29, 0.717) is 30.8 Å². The SMILES string of the molecule is CCc1cc2cc3n(c2cc1S(C)(=O)=O)CCN(c1nccc(C(F)(F)F)n1)[C@H]3CC. The largest absolute Gasteiger partial charge is 0.433 e. The summed E-state index contributed by atoms with van der Waals surface area (Å²) in [5, 5.41) is 0.921. The average molecular weight is 453 g/mol. The van der Waals surface area contributed by atoms with Crippen LogP contribution in [-0.2, 0) is 29.0 Å². The molecule has 0 unspecified atom stereocenters. The summed E-state index contributed by atoms with van der Waals surface area (Å²) in [4.78, 5) is 9.98. The number of alkyl halides is 3. The molecule has 10 heteroatoms. The third kappa shape index (κ3) is 3.77. The van der Waals surface area contributed by atoms with Crippen LogP contribution >= 0.6 is 0 Å². The lowest BCUT2D eigenvalue weighted by atomic mass is 10.1. The van der Waals surface area contributed by atoms with E-state index in [1.165, 1.54) is 6.26 Å². The number of aromatic nitrogens is 3. The Kier molecular flexibility index (Phi) is 5.23. The highest BCUT2D eigenvalue weighted by Crippen LogP contribution is 2.38. The minimum absolute atomic E-state index is 0.0456. The molecular weight excluding hydrogens is 429 g/mol. The highest BCUT2D eigenvalue weighted by molar-refractivity contribution is 7.90. The summed E-state index contributed by atoms with van der Waals surface area (Å²) in [6, 6.07) is 6.25. The van der Waals surface area contributed by atoms with Gasteiger partial charge in [-0.25, -0.2) is 18.4 Å². The normalized spacial score (nSPS) is 17.2. The molecule has 3 heterocycles. The van der Waals surface area contributed by atoms with Crippen LogP contribution in [0.15, 0.2) is 35.4 Å². The number of nitrogens with zero attached hydrogens (tertiary/aromatic N) is 4. The minimum Gasteiger partial charge on any atom is -0.341 e. The minimum atomic E-state index is -4.54. The smallest absolute Gasteiger partial charge is 0.341 e. The summed E-state index contributed by atoms with van der Waals surface area (Å²) >= 11 is 0. The maximum absolute atomic E-state index is 13.1. The molecule has 0 bridgehead atoms. The molecule has 1 aliphatic heterocycles. The standard InChI is InChI=1S/C21H23F3N4O2S/c1-4-13-10-14-11-17-15(5-2)28(20-25-7-6-19(26-20)21(22,23)24)9-8-27(17)16(14)12-18(13)31(3,29)30/h6-7,10-12,15H,4-5,8-9H2,1-3H3/t15-/m0/s1. The van der Waals surface area contributed by atoms with Crippen molar-refractivity contribution in [3.63, 3.8) is 0 Å². The summed E-state index contributed by atoms with van der Waals surface area (Å²) < 4.78 is 66.0. The van der Waals surface area contributed by atoms with Crippen molar-refractivity contribution < 1.29 is 21.6 Å². The van der Waals surface area contributed by atoms with Crippen LogP contribution in [0.4, 0.5) is 19.1 Å². The molecule has 31 heavy (non-hydrogen) atoms. The molecule has 1 aliphatic rings. The first-order valence-electron chi connectivity index (χ1n) is 10.1. The lowest BCUT2D eigenvalue weighted by molar-refractivity contribution is -0.141. The van der Waals surface area contributed by atoms with Crippen molar-refractivity contribution >= 4 is 26.7 Å². The van der Waals surface area contributed by atoms with Gasteiger partial charge in [0.2, 0.25) is 5.95 Å². The average Bonchev–Trinajstić information content (AvgIpc) is 3.08. The molecule has 0 fully saturated rings. The highest BCUT2D eigenvalue weighted by Gasteiger charge is 2.35. The summed E-state index contributed by atoms with van der Waals surface area (Å²) in [5.41, 5.74) is 1.51. The zero-order valence-electron chi connectivity index (χ0n) is 17.4. The number of benzene rings is 1. The van der Waals surface area contributed by atoms with Gasteiger partial charge in [-0.3, -0.25) is 0 Å². The van der Waals surface area contributed by atoms with Gasteiger partial charge in [0.1, 0.15) is 5.69 Å². The van der Waals surface area contributed by atoms with Crippen LogP contribution in [0.5, 0.6) is 0 Å². The molecule has 0 N–H and O–H groups in total. The molecule has 0 saturated carbocycles. The van der Waals surface area contributed by atoms with Crippen LogP contribution in [-0.4, -0.2) is 35.8 Å². The maximum Gasteiger partial charge on any atom is 0.433 e. The Hall–Kier alpha value is -2.62. The van der Waals surface area contributed by atoms with Crippen LogP contribution < -0.4 is 4.90 Å². The van der Waals surface area contributed by atoms with Gasteiger partial charge in [-0.05, 0) is 42.7 Å². The maximum atomic E-state index is 13.1. The van der Waals surface area contributed by atoms with E-state index in [9.17, 15) is 21.6 Å². The van der Waals surface area contributed by atoms with Gasteiger partial charge in [0, 0.05) is 42.1 Å². The predicted octanol–water partition coefficient (Wildman–Crippen LogP) is 4.39. The number of aryl methyl sites for hydroxylation is 1. The quantitative estimate of drug-likeness (QED) is 0.588. The van der Waals surface area contributed by atoms with Crippen molar-refractivity contribution in [1.29, 1.82) is 0 Å². The Morgan fingerprint density at radius 2 is 1.90 bits per heavy atom. The highest BCUT2D eigenvalue weighted by atomic mass is 32.2. The van der Waals surface area contributed by atoms with Gasteiger partial charge >= 0.3 is 6.18 Å². The van der Waals surface area contributed by atoms with E-state index in [0.717, 1.165) is 34.4 Å². The molecule has 0 radical (unpaired) electrons. The first kappa shape index (κ1) is 21.6.